The van der Waals surface area contributed by atoms with E-state index in [2.05, 4.69) is 9.64 Å². The summed E-state index contributed by atoms with van der Waals surface area (Å²) in [5.74, 6) is -3.59. The first-order chi connectivity index (χ1) is 27.4. The molecule has 0 saturated carbocycles. The van der Waals surface area contributed by atoms with E-state index in [-0.39, 0.29) is 40.2 Å². The van der Waals surface area contributed by atoms with Crippen LogP contribution in [0.3, 0.4) is 0 Å². The van der Waals surface area contributed by atoms with Gasteiger partial charge < -0.3 is 43.4 Å². The summed E-state index contributed by atoms with van der Waals surface area (Å²) in [6.45, 7) is 3.58. The lowest BCUT2D eigenvalue weighted by Gasteiger charge is -2.29. The zero-order chi connectivity index (χ0) is 40.5. The van der Waals surface area contributed by atoms with Gasteiger partial charge in [-0.3, -0.25) is 4.79 Å². The number of hydrogen-bond acceptors (Lipinski definition) is 11. The van der Waals surface area contributed by atoms with E-state index in [0.29, 0.717) is 67.6 Å². The highest BCUT2D eigenvalue weighted by molar-refractivity contribution is 6.37. The number of para-hydroxylation sites is 1. The quantitative estimate of drug-likeness (QED) is 0.107. The molecule has 17 heteroatoms. The molecule has 57 heavy (non-hydrogen) atoms. The predicted octanol–water partition coefficient (Wildman–Crippen LogP) is 7.75. The van der Waals surface area contributed by atoms with Crippen LogP contribution in [0.1, 0.15) is 55.2 Å². The molecule has 2 aliphatic rings. The lowest BCUT2D eigenvalue weighted by atomic mass is 9.94. The average molecular weight is 839 g/mol. The van der Waals surface area contributed by atoms with Gasteiger partial charge in [0.05, 0.1) is 30.4 Å². The fourth-order valence-electron chi connectivity index (χ4n) is 6.78. The van der Waals surface area contributed by atoms with Crippen LogP contribution in [-0.4, -0.2) is 93.4 Å². The number of phenolic OH excluding ortho intramolecular Hbond substituents is 1. The molecule has 3 aromatic carbocycles. The van der Waals surface area contributed by atoms with Crippen LogP contribution < -0.4 is 10.2 Å². The summed E-state index contributed by atoms with van der Waals surface area (Å²) in [6.07, 6.45) is -0.154. The summed E-state index contributed by atoms with van der Waals surface area (Å²) >= 11 is 12.8. The largest absolute Gasteiger partial charge is 0.505 e. The van der Waals surface area contributed by atoms with Gasteiger partial charge in [0.15, 0.2) is 23.9 Å². The molecule has 0 spiro atoms. The van der Waals surface area contributed by atoms with Gasteiger partial charge in [-0.2, -0.15) is 13.2 Å². The van der Waals surface area contributed by atoms with Gasteiger partial charge in [-0.05, 0) is 86.1 Å². The topological polar surface area (TPSA) is 142 Å². The third-order valence-corrected chi connectivity index (χ3v) is 10.5. The van der Waals surface area contributed by atoms with Gasteiger partial charge in [-0.25, -0.2) is 9.78 Å². The molecule has 2 unspecified atom stereocenters. The number of carbonyl (C=O) groups excluding carboxylic acids is 2. The van der Waals surface area contributed by atoms with Crippen LogP contribution in [0, 0.1) is 0 Å². The molecule has 2 N–H and O–H groups in total. The maximum absolute atomic E-state index is 13.1. The minimum atomic E-state index is -5.25. The minimum absolute atomic E-state index is 0.0121. The molecule has 2 aliphatic heterocycles. The van der Waals surface area contributed by atoms with E-state index in [1.54, 1.807) is 23.5 Å². The maximum atomic E-state index is 13.1. The van der Waals surface area contributed by atoms with Crippen LogP contribution in [-0.2, 0) is 46.1 Å². The molecule has 308 valence electrons. The summed E-state index contributed by atoms with van der Waals surface area (Å²) in [5.41, 5.74) is 3.54. The first-order valence-electron chi connectivity index (χ1n) is 18.8. The summed E-state index contributed by atoms with van der Waals surface area (Å²) in [5, 5.41) is 11.9. The number of fused-ring (bicyclic) bond motifs is 1. The van der Waals surface area contributed by atoms with Crippen LogP contribution >= 0.6 is 23.2 Å². The average Bonchev–Trinajstić information content (AvgIpc) is 3.66. The van der Waals surface area contributed by atoms with Crippen molar-refractivity contribution in [1.29, 1.82) is 0 Å². The standard InChI is InChI=1S/C40H44Cl2F3N3O9/c1-52-38(50)31(47-39(51)40(43,44)45)23-26-22-29(41)35(49)34(42)28(26)21-25-7-6-8-30-36(25)57-37(46-30)24-11-13-27(14-12-24)48(15-19-55-32-9-2-4-17-53-32)16-20-56-33-10-3-5-18-54-33/h6-8,11-14,22,31-33,49H,2-5,9-10,15-21,23H2,1H3,(H,47,51)/t31-,32?,33?/m0/s1. The Hall–Kier alpha value is -4.12. The number of carbonyl (C=O) groups is 2. The summed E-state index contributed by atoms with van der Waals surface area (Å²) in [6, 6.07) is 12.5. The number of alkyl halides is 3. The molecule has 3 atom stereocenters. The molecule has 1 aromatic heterocycles. The second-order valence-electron chi connectivity index (χ2n) is 13.7. The van der Waals surface area contributed by atoms with Gasteiger partial charge >= 0.3 is 18.1 Å². The molecule has 2 saturated heterocycles. The van der Waals surface area contributed by atoms with Gasteiger partial charge in [0, 0.05) is 56.0 Å². The molecule has 12 nitrogen and oxygen atoms in total. The van der Waals surface area contributed by atoms with Crippen molar-refractivity contribution in [2.75, 3.05) is 51.5 Å². The van der Waals surface area contributed by atoms with Crippen molar-refractivity contribution in [2.24, 2.45) is 0 Å². The van der Waals surface area contributed by atoms with E-state index >= 15 is 0 Å². The van der Waals surface area contributed by atoms with Crippen LogP contribution in [0.5, 0.6) is 5.75 Å². The number of esters is 1. The Kier molecular flexibility index (Phi) is 14.6. The van der Waals surface area contributed by atoms with Gasteiger partial charge in [0.25, 0.3) is 0 Å². The highest BCUT2D eigenvalue weighted by Gasteiger charge is 2.41. The summed E-state index contributed by atoms with van der Waals surface area (Å²) < 4.78 is 73.9. The second-order valence-corrected chi connectivity index (χ2v) is 14.5. The zero-order valence-electron chi connectivity index (χ0n) is 31.2. The third-order valence-electron chi connectivity index (χ3n) is 9.81. The van der Waals surface area contributed by atoms with Gasteiger partial charge in [0.2, 0.25) is 5.89 Å². The number of rotatable bonds is 16. The monoisotopic (exact) mass is 837 g/mol. The van der Waals surface area contributed by atoms with Gasteiger partial charge in [-0.15, -0.1) is 0 Å². The number of aromatic hydroxyl groups is 1. The summed E-state index contributed by atoms with van der Waals surface area (Å²) in [7, 11) is 0.978. The van der Waals surface area contributed by atoms with Crippen molar-refractivity contribution in [2.45, 2.75) is 76.2 Å². The van der Waals surface area contributed by atoms with Gasteiger partial charge in [-0.1, -0.05) is 35.3 Å². The molecule has 0 bridgehead atoms. The number of benzene rings is 3. The molecule has 6 rings (SSSR count). The normalized spacial score (nSPS) is 18.0. The number of halogens is 5. The van der Waals surface area contributed by atoms with Crippen molar-refractivity contribution >= 4 is 51.9 Å². The smallest absolute Gasteiger partial charge is 0.471 e. The van der Waals surface area contributed by atoms with Crippen molar-refractivity contribution in [3.63, 3.8) is 0 Å². The minimum Gasteiger partial charge on any atom is -0.505 e. The Labute approximate surface area is 337 Å². The molecule has 2 fully saturated rings. The van der Waals surface area contributed by atoms with Gasteiger partial charge in [0.1, 0.15) is 11.6 Å². The number of nitrogens with one attached hydrogen (secondary N) is 1. The van der Waals surface area contributed by atoms with E-state index < -0.39 is 36.3 Å². The highest BCUT2D eigenvalue weighted by atomic mass is 35.5. The first-order valence-corrected chi connectivity index (χ1v) is 19.5. The highest BCUT2D eigenvalue weighted by Crippen LogP contribution is 2.40. The van der Waals surface area contributed by atoms with Crippen LogP contribution in [0.2, 0.25) is 10.0 Å². The second kappa shape index (κ2) is 19.6. The van der Waals surface area contributed by atoms with Crippen LogP contribution in [0.15, 0.2) is 52.9 Å². The number of methoxy groups -OCH3 is 1. The number of amides is 1. The molecule has 0 aliphatic carbocycles. The summed E-state index contributed by atoms with van der Waals surface area (Å²) in [4.78, 5) is 31.2. The molecular weight excluding hydrogens is 794 g/mol. The Morgan fingerprint density at radius 3 is 2.19 bits per heavy atom. The van der Waals surface area contributed by atoms with E-state index in [0.717, 1.165) is 51.3 Å². The Morgan fingerprint density at radius 1 is 0.965 bits per heavy atom. The lowest BCUT2D eigenvalue weighted by molar-refractivity contribution is -0.175. The van der Waals surface area contributed by atoms with E-state index in [4.69, 9.17) is 51.6 Å². The van der Waals surface area contributed by atoms with Crippen molar-refractivity contribution in [1.82, 2.24) is 10.3 Å². The predicted molar refractivity (Wildman–Crippen MR) is 205 cm³/mol. The molecule has 4 aromatic rings. The van der Waals surface area contributed by atoms with E-state index in [1.807, 2.05) is 24.3 Å². The Balaban J connectivity index is 1.22. The SMILES string of the molecule is COC(=O)[C@H](Cc1cc(Cl)c(O)c(Cl)c1Cc1cccc2nc(-c3ccc(N(CCOC4CCCCO4)CCOC4CCCCO4)cc3)oc12)NC(=O)C(F)(F)F. The number of hydrogen-bond donors (Lipinski definition) is 2. The third kappa shape index (κ3) is 11.1. The van der Waals surface area contributed by atoms with Crippen molar-refractivity contribution in [3.05, 3.63) is 75.3 Å². The molecular formula is C40H44Cl2F3N3O9. The number of oxazole rings is 1. The van der Waals surface area contributed by atoms with E-state index in [9.17, 15) is 27.9 Å². The Bertz CT molecular complexity index is 1960. The maximum Gasteiger partial charge on any atom is 0.471 e. The Morgan fingerprint density at radius 2 is 1.61 bits per heavy atom. The molecule has 1 amide bonds. The van der Waals surface area contributed by atoms with E-state index in [1.165, 1.54) is 6.07 Å². The number of anilines is 1. The molecule has 0 radical (unpaired) electrons. The number of ether oxygens (including phenoxy) is 5. The lowest BCUT2D eigenvalue weighted by Crippen LogP contribution is -2.48. The van der Waals surface area contributed by atoms with Crippen molar-refractivity contribution < 1.29 is 56.0 Å². The fraction of sp³-hybridized carbons (Fsp3) is 0.475. The fourth-order valence-corrected chi connectivity index (χ4v) is 7.35. The number of phenols is 1. The molecule has 3 heterocycles. The number of aromatic nitrogens is 1. The zero-order valence-corrected chi connectivity index (χ0v) is 32.8. The first kappa shape index (κ1) is 42.5. The van der Waals surface area contributed by atoms with Crippen LogP contribution in [0.4, 0.5) is 18.9 Å². The number of nitrogens with zero attached hydrogens (tertiary/aromatic N) is 2. The van der Waals surface area contributed by atoms with Crippen molar-refractivity contribution in [3.8, 4) is 17.2 Å². The van der Waals surface area contributed by atoms with Crippen LogP contribution in [0.25, 0.3) is 22.6 Å².